The molecule has 3 aromatic carbocycles. The van der Waals surface area contributed by atoms with Gasteiger partial charge in [0.2, 0.25) is 11.8 Å². The van der Waals surface area contributed by atoms with E-state index in [0.717, 1.165) is 28.6 Å². The number of hydrogen-bond donors (Lipinski definition) is 1. The average Bonchev–Trinajstić information content (AvgIpc) is 3.26. The molecular weight excluding hydrogens is 450 g/mol. The zero-order chi connectivity index (χ0) is 25.7. The Kier molecular flexibility index (Phi) is 7.78. The number of hydrogen-bond acceptors (Lipinski definition) is 4. The highest BCUT2D eigenvalue weighted by Crippen LogP contribution is 2.29. The van der Waals surface area contributed by atoms with Crippen molar-refractivity contribution in [2.75, 3.05) is 11.4 Å². The Bertz CT molecular complexity index is 1330. The van der Waals surface area contributed by atoms with Gasteiger partial charge in [0, 0.05) is 12.2 Å². The van der Waals surface area contributed by atoms with E-state index < -0.39 is 6.04 Å². The van der Waals surface area contributed by atoms with Crippen LogP contribution in [0.25, 0.3) is 11.0 Å². The maximum atomic E-state index is 14.0. The zero-order valence-electron chi connectivity index (χ0n) is 21.3. The molecule has 186 valence electrons. The molecule has 1 atom stereocenters. The summed E-state index contributed by atoms with van der Waals surface area (Å²) in [6, 6.07) is 22.1. The fourth-order valence-corrected chi connectivity index (χ4v) is 4.13. The smallest absolute Gasteiger partial charge is 0.249 e. The molecule has 1 heterocycles. The summed E-state index contributed by atoms with van der Waals surface area (Å²) in [5.74, 6) is -0.00507. The summed E-state index contributed by atoms with van der Waals surface area (Å²) in [5, 5.41) is 11.4. The Morgan fingerprint density at radius 1 is 0.917 bits per heavy atom. The molecule has 4 aromatic rings. The molecule has 0 fully saturated rings. The van der Waals surface area contributed by atoms with Gasteiger partial charge >= 0.3 is 0 Å². The first kappa shape index (κ1) is 25.1. The van der Waals surface area contributed by atoms with Crippen LogP contribution in [0.3, 0.4) is 0 Å². The molecule has 0 radical (unpaired) electrons. The van der Waals surface area contributed by atoms with Crippen molar-refractivity contribution in [3.63, 3.8) is 0 Å². The minimum atomic E-state index is -0.831. The van der Waals surface area contributed by atoms with Gasteiger partial charge in [-0.1, -0.05) is 78.7 Å². The van der Waals surface area contributed by atoms with Gasteiger partial charge in [-0.05, 0) is 56.0 Å². The monoisotopic (exact) mass is 483 g/mol. The Labute approximate surface area is 212 Å². The summed E-state index contributed by atoms with van der Waals surface area (Å²) in [5.41, 5.74) is 5.04. The lowest BCUT2D eigenvalue weighted by atomic mass is 10.0. The van der Waals surface area contributed by atoms with Crippen LogP contribution in [-0.2, 0) is 16.1 Å². The number of carbonyl (C=O) groups is 2. The Morgan fingerprint density at radius 2 is 1.56 bits per heavy atom. The molecule has 7 nitrogen and oxygen atoms in total. The highest BCUT2D eigenvalue weighted by molar-refractivity contribution is 6.01. The molecule has 1 N–H and O–H groups in total. The first-order chi connectivity index (χ1) is 17.3. The van der Waals surface area contributed by atoms with Crippen LogP contribution in [0.2, 0.25) is 0 Å². The highest BCUT2D eigenvalue weighted by atomic mass is 16.2. The molecule has 0 aliphatic rings. The Hall–Kier alpha value is -4.00. The number of amides is 2. The second kappa shape index (κ2) is 11.2. The number of nitrogens with one attached hydrogen (secondary N) is 1. The second-order valence-electron chi connectivity index (χ2n) is 9.62. The van der Waals surface area contributed by atoms with E-state index in [0.29, 0.717) is 23.7 Å². The summed E-state index contributed by atoms with van der Waals surface area (Å²) >= 11 is 0. The van der Waals surface area contributed by atoms with Gasteiger partial charge in [0.05, 0.1) is 5.52 Å². The summed E-state index contributed by atoms with van der Waals surface area (Å²) < 4.78 is 1.59. The van der Waals surface area contributed by atoms with E-state index in [1.807, 2.05) is 86.6 Å². The van der Waals surface area contributed by atoms with Crippen molar-refractivity contribution in [2.24, 2.45) is 5.92 Å². The van der Waals surface area contributed by atoms with Crippen LogP contribution in [0.15, 0.2) is 72.8 Å². The second-order valence-corrected chi connectivity index (χ2v) is 9.62. The van der Waals surface area contributed by atoms with E-state index in [4.69, 9.17) is 0 Å². The quantitative estimate of drug-likeness (QED) is 0.364. The normalized spacial score (nSPS) is 12.0. The topological polar surface area (TPSA) is 80.1 Å². The van der Waals surface area contributed by atoms with Gasteiger partial charge in [-0.25, -0.2) is 4.68 Å². The van der Waals surface area contributed by atoms with Crippen LogP contribution in [0.1, 0.15) is 43.0 Å². The lowest BCUT2D eigenvalue weighted by Gasteiger charge is -2.32. The third kappa shape index (κ3) is 5.79. The molecule has 4 rings (SSSR count). The van der Waals surface area contributed by atoms with E-state index >= 15 is 0 Å². The van der Waals surface area contributed by atoms with Crippen LogP contribution < -0.4 is 10.2 Å². The molecule has 7 heteroatoms. The van der Waals surface area contributed by atoms with Crippen molar-refractivity contribution in [3.05, 3.63) is 89.5 Å². The van der Waals surface area contributed by atoms with E-state index in [1.54, 1.807) is 9.58 Å². The molecule has 36 heavy (non-hydrogen) atoms. The van der Waals surface area contributed by atoms with Crippen LogP contribution in [0, 0.1) is 19.8 Å². The van der Waals surface area contributed by atoms with Crippen molar-refractivity contribution in [1.29, 1.82) is 0 Å². The Morgan fingerprint density at radius 3 is 2.22 bits per heavy atom. The first-order valence-corrected chi connectivity index (χ1v) is 12.3. The van der Waals surface area contributed by atoms with Gasteiger partial charge in [0.25, 0.3) is 0 Å². The van der Waals surface area contributed by atoms with E-state index in [2.05, 4.69) is 29.5 Å². The van der Waals surface area contributed by atoms with Crippen molar-refractivity contribution in [1.82, 2.24) is 20.3 Å². The summed E-state index contributed by atoms with van der Waals surface area (Å²) in [4.78, 5) is 29.2. The van der Waals surface area contributed by atoms with Crippen LogP contribution in [0.4, 0.5) is 5.69 Å². The highest BCUT2D eigenvalue weighted by Gasteiger charge is 2.33. The van der Waals surface area contributed by atoms with Crippen LogP contribution in [-0.4, -0.2) is 33.4 Å². The number of nitrogens with zero attached hydrogens (tertiary/aromatic N) is 4. The molecule has 1 aromatic heterocycles. The number of anilines is 1. The fraction of sp³-hybridized carbons (Fsp3) is 0.310. The molecule has 2 amide bonds. The van der Waals surface area contributed by atoms with Crippen molar-refractivity contribution < 1.29 is 9.59 Å². The summed E-state index contributed by atoms with van der Waals surface area (Å²) in [7, 11) is 0. The number of benzene rings is 3. The zero-order valence-corrected chi connectivity index (χ0v) is 21.3. The molecular formula is C29H33N5O2. The number of aromatic nitrogens is 3. The minimum absolute atomic E-state index is 0.0456. The van der Waals surface area contributed by atoms with Gasteiger partial charge in [0.1, 0.15) is 18.1 Å². The average molecular weight is 484 g/mol. The van der Waals surface area contributed by atoms with E-state index in [9.17, 15) is 9.59 Å². The van der Waals surface area contributed by atoms with Gasteiger partial charge in [0.15, 0.2) is 0 Å². The predicted molar refractivity (Wildman–Crippen MR) is 143 cm³/mol. The fourth-order valence-electron chi connectivity index (χ4n) is 4.13. The summed E-state index contributed by atoms with van der Waals surface area (Å²) in [6.07, 6.45) is 0.857. The lowest BCUT2D eigenvalue weighted by Crippen LogP contribution is -2.45. The SMILES string of the molecule is Cc1ccc(C(C(=O)NCCC(C)C)N(C(=O)Cn2nnc3ccccc32)c2ccc(C)cc2)cc1. The maximum absolute atomic E-state index is 14.0. The molecule has 0 bridgehead atoms. The molecule has 0 aliphatic carbocycles. The van der Waals surface area contributed by atoms with E-state index in [-0.39, 0.29) is 18.4 Å². The number of carbonyl (C=O) groups excluding carboxylic acids is 2. The molecule has 0 saturated carbocycles. The molecule has 0 saturated heterocycles. The van der Waals surface area contributed by atoms with Crippen molar-refractivity contribution >= 4 is 28.5 Å². The predicted octanol–water partition coefficient (Wildman–Crippen LogP) is 4.98. The maximum Gasteiger partial charge on any atom is 0.249 e. The summed E-state index contributed by atoms with van der Waals surface area (Å²) in [6.45, 7) is 8.73. The Balaban J connectivity index is 1.75. The van der Waals surface area contributed by atoms with Gasteiger partial charge < -0.3 is 5.32 Å². The lowest BCUT2D eigenvalue weighted by molar-refractivity contribution is -0.127. The van der Waals surface area contributed by atoms with E-state index in [1.165, 1.54) is 0 Å². The first-order valence-electron chi connectivity index (χ1n) is 12.3. The molecule has 0 spiro atoms. The molecule has 0 aliphatic heterocycles. The number of rotatable bonds is 9. The third-order valence-corrected chi connectivity index (χ3v) is 6.21. The molecule has 1 unspecified atom stereocenters. The number of aryl methyl sites for hydroxylation is 2. The van der Waals surface area contributed by atoms with Gasteiger partial charge in [-0.2, -0.15) is 0 Å². The van der Waals surface area contributed by atoms with Crippen molar-refractivity contribution in [2.45, 2.75) is 46.7 Å². The minimum Gasteiger partial charge on any atom is -0.354 e. The van der Waals surface area contributed by atoms with Crippen LogP contribution >= 0.6 is 0 Å². The largest absolute Gasteiger partial charge is 0.354 e. The standard InChI is InChI=1S/C29H33N5O2/c1-20(2)17-18-30-29(36)28(23-13-9-21(3)10-14-23)34(24-15-11-22(4)12-16-24)27(35)19-33-26-8-6-5-7-25(26)31-32-33/h5-16,20,28H,17-19H2,1-4H3,(H,30,36). The van der Waals surface area contributed by atoms with Gasteiger partial charge in [-0.15, -0.1) is 5.10 Å². The van der Waals surface area contributed by atoms with Gasteiger partial charge in [-0.3, -0.25) is 14.5 Å². The van der Waals surface area contributed by atoms with Crippen molar-refractivity contribution in [3.8, 4) is 0 Å². The number of para-hydroxylation sites is 1. The van der Waals surface area contributed by atoms with Crippen LogP contribution in [0.5, 0.6) is 0 Å². The third-order valence-electron chi connectivity index (χ3n) is 6.21. The number of fused-ring (bicyclic) bond motifs is 1.